The largest absolute Gasteiger partial charge is 0.467 e. The summed E-state index contributed by atoms with van der Waals surface area (Å²) in [6.45, 7) is 5.35. The molecule has 0 saturated carbocycles. The van der Waals surface area contributed by atoms with Crippen molar-refractivity contribution in [3.05, 3.63) is 179 Å². The molecule has 1 aliphatic rings. The molecule has 9 nitrogen and oxygen atoms in total. The zero-order valence-electron chi connectivity index (χ0n) is 34.1. The van der Waals surface area contributed by atoms with E-state index in [2.05, 4.69) is 91.0 Å². The maximum atomic E-state index is 13.1. The molecule has 0 aliphatic carbocycles. The van der Waals surface area contributed by atoms with Crippen LogP contribution in [0, 0.1) is 5.92 Å². The van der Waals surface area contributed by atoms with E-state index in [0.717, 1.165) is 38.9 Å². The van der Waals surface area contributed by atoms with Crippen molar-refractivity contribution in [3.63, 3.8) is 0 Å². The van der Waals surface area contributed by atoms with Gasteiger partial charge in [-0.2, -0.15) is 0 Å². The second kappa shape index (κ2) is 19.3. The molecule has 0 bridgehead atoms. The zero-order valence-corrected chi connectivity index (χ0v) is 34.1. The first kappa shape index (κ1) is 41.3. The van der Waals surface area contributed by atoms with Gasteiger partial charge in [-0.25, -0.2) is 9.59 Å². The number of nitrogens with zero attached hydrogens (tertiary/aromatic N) is 1. The number of carbonyl (C=O) groups is 2. The predicted molar refractivity (Wildman–Crippen MR) is 231 cm³/mol. The summed E-state index contributed by atoms with van der Waals surface area (Å²) in [4.78, 5) is 27.9. The Morgan fingerprint density at radius 3 is 2.19 bits per heavy atom. The maximum absolute atomic E-state index is 13.1. The third kappa shape index (κ3) is 10.1. The lowest BCUT2D eigenvalue weighted by Crippen LogP contribution is -2.47. The number of aliphatic hydroxyl groups is 1. The molecule has 6 aromatic rings. The molecule has 1 fully saturated rings. The average Bonchev–Trinajstić information content (AvgIpc) is 3.28. The molecule has 0 aromatic heterocycles. The minimum absolute atomic E-state index is 0.0173. The smallest absolute Gasteiger partial charge is 0.328 e. The summed E-state index contributed by atoms with van der Waals surface area (Å²) < 4.78 is 18.6. The highest BCUT2D eigenvalue weighted by atomic mass is 16.7. The quantitative estimate of drug-likeness (QED) is 0.0945. The third-order valence-corrected chi connectivity index (χ3v) is 11.5. The number of ether oxygens (including phenoxy) is 3. The molecular weight excluding hydrogens is 739 g/mol. The summed E-state index contributed by atoms with van der Waals surface area (Å²) in [6, 6.07) is 47.6. The first-order valence-electron chi connectivity index (χ1n) is 20.2. The van der Waals surface area contributed by atoms with Crippen LogP contribution in [0.5, 0.6) is 0 Å². The van der Waals surface area contributed by atoms with Crippen LogP contribution in [0.4, 0.5) is 4.79 Å². The maximum Gasteiger partial charge on any atom is 0.328 e. The van der Waals surface area contributed by atoms with Crippen LogP contribution in [0.3, 0.4) is 0 Å². The number of fused-ring (bicyclic) bond motifs is 1. The van der Waals surface area contributed by atoms with Crippen LogP contribution in [0.25, 0.3) is 21.9 Å². The molecule has 1 saturated heterocycles. The van der Waals surface area contributed by atoms with Gasteiger partial charge in [-0.1, -0.05) is 146 Å². The first-order valence-corrected chi connectivity index (χ1v) is 20.2. The number of nitrogens with one attached hydrogen (secondary N) is 2. The lowest BCUT2D eigenvalue weighted by Gasteiger charge is -2.43. The molecule has 1 heterocycles. The number of methoxy groups -OCH3 is 1. The Morgan fingerprint density at radius 1 is 0.780 bits per heavy atom. The fraction of sp³-hybridized carbons (Fsp3) is 0.280. The van der Waals surface area contributed by atoms with Crippen LogP contribution in [-0.4, -0.2) is 54.9 Å². The molecule has 0 radical (unpaired) electrons. The summed E-state index contributed by atoms with van der Waals surface area (Å²) in [7, 11) is 3.47. The number of urea groups is 1. The van der Waals surface area contributed by atoms with Gasteiger partial charge in [0.1, 0.15) is 6.04 Å². The molecule has 7 rings (SSSR count). The van der Waals surface area contributed by atoms with E-state index in [1.807, 2.05) is 91.0 Å². The molecular formula is C50H53N3O6. The summed E-state index contributed by atoms with van der Waals surface area (Å²) >= 11 is 0. The van der Waals surface area contributed by atoms with Gasteiger partial charge in [-0.3, -0.25) is 4.90 Å². The van der Waals surface area contributed by atoms with E-state index in [9.17, 15) is 14.7 Å². The zero-order chi connectivity index (χ0) is 41.3. The number of aliphatic hydroxyl groups excluding tert-OH is 1. The molecule has 1 aliphatic heterocycles. The van der Waals surface area contributed by atoms with E-state index in [1.54, 1.807) is 0 Å². The van der Waals surface area contributed by atoms with Gasteiger partial charge in [0.05, 0.1) is 25.9 Å². The third-order valence-electron chi connectivity index (χ3n) is 11.5. The lowest BCUT2D eigenvalue weighted by atomic mass is 9.89. The minimum atomic E-state index is -0.829. The summed E-state index contributed by atoms with van der Waals surface area (Å²) in [5.74, 6) is -0.473. The number of hydrogen-bond acceptors (Lipinski definition) is 7. The molecule has 304 valence electrons. The fourth-order valence-corrected chi connectivity index (χ4v) is 7.84. The highest BCUT2D eigenvalue weighted by Gasteiger charge is 2.39. The van der Waals surface area contributed by atoms with Crippen molar-refractivity contribution < 1.29 is 28.9 Å². The van der Waals surface area contributed by atoms with Crippen molar-refractivity contribution in [2.24, 2.45) is 5.92 Å². The standard InChI is InChI=1S/C50H53N3O6/c1-33-46(31-53(3)34(2)41-27-22-37-14-8-9-15-42(37)29-41)58-49(59-47(33)39-20-18-36(32-54)19-21-39)40-25-23-38(24-26-40)44-17-11-10-16-43(44)30-51-50(56)52-45(48(55)57-4)28-35-12-6-5-7-13-35/h5-27,29,33-34,45-47,49,54H,28,30-32H2,1-4H3,(H2,51,52,56)/t33-,34+,45-,46+,47+,49+/m0/s1. The van der Waals surface area contributed by atoms with Gasteiger partial charge in [-0.05, 0) is 69.8 Å². The number of benzene rings is 6. The van der Waals surface area contributed by atoms with Gasteiger partial charge >= 0.3 is 12.0 Å². The van der Waals surface area contributed by atoms with Gasteiger partial charge in [0.25, 0.3) is 0 Å². The molecule has 0 spiro atoms. The van der Waals surface area contributed by atoms with Gasteiger partial charge in [0.2, 0.25) is 0 Å². The predicted octanol–water partition coefficient (Wildman–Crippen LogP) is 9.07. The minimum Gasteiger partial charge on any atom is -0.467 e. The first-order chi connectivity index (χ1) is 28.7. The number of hydrogen-bond donors (Lipinski definition) is 3. The average molecular weight is 792 g/mol. The van der Waals surface area contributed by atoms with Crippen molar-refractivity contribution in [3.8, 4) is 11.1 Å². The van der Waals surface area contributed by atoms with E-state index in [0.29, 0.717) is 13.0 Å². The molecule has 0 unspecified atom stereocenters. The van der Waals surface area contributed by atoms with Crippen LogP contribution in [0.1, 0.15) is 65.7 Å². The molecule has 6 aromatic carbocycles. The van der Waals surface area contributed by atoms with E-state index in [-0.39, 0.29) is 37.3 Å². The van der Waals surface area contributed by atoms with Crippen LogP contribution < -0.4 is 10.6 Å². The van der Waals surface area contributed by atoms with E-state index < -0.39 is 24.3 Å². The van der Waals surface area contributed by atoms with E-state index >= 15 is 0 Å². The van der Waals surface area contributed by atoms with Crippen LogP contribution >= 0.6 is 0 Å². The topological polar surface area (TPSA) is 109 Å². The van der Waals surface area contributed by atoms with Crippen molar-refractivity contribution in [1.82, 2.24) is 15.5 Å². The Bertz CT molecular complexity index is 2320. The normalized spacial score (nSPS) is 18.9. The van der Waals surface area contributed by atoms with Gasteiger partial charge in [0.15, 0.2) is 6.29 Å². The SMILES string of the molecule is COC(=O)[C@H](Cc1ccccc1)NC(=O)NCc1ccccc1-c1ccc([C@@H]2O[C@H](CN(C)[C@H](C)c3ccc4ccccc4c3)[C@H](C)[C@H](c3ccc(CO)cc3)O2)cc1. The fourth-order valence-electron chi connectivity index (χ4n) is 7.84. The number of carbonyl (C=O) groups excluding carboxylic acids is 2. The van der Waals surface area contributed by atoms with Crippen LogP contribution in [0.2, 0.25) is 0 Å². The molecule has 9 heteroatoms. The lowest BCUT2D eigenvalue weighted by molar-refractivity contribution is -0.276. The van der Waals surface area contributed by atoms with Crippen LogP contribution in [-0.2, 0) is 38.6 Å². The van der Waals surface area contributed by atoms with Gasteiger partial charge < -0.3 is 30.0 Å². The van der Waals surface area contributed by atoms with Crippen molar-refractivity contribution in [2.75, 3.05) is 20.7 Å². The van der Waals surface area contributed by atoms with E-state index in [4.69, 9.17) is 14.2 Å². The van der Waals surface area contributed by atoms with Crippen LogP contribution in [0.15, 0.2) is 146 Å². The number of esters is 1. The van der Waals surface area contributed by atoms with Gasteiger partial charge in [0, 0.05) is 37.0 Å². The Balaban J connectivity index is 1.06. The van der Waals surface area contributed by atoms with Crippen molar-refractivity contribution in [2.45, 2.75) is 64.0 Å². The highest BCUT2D eigenvalue weighted by molar-refractivity contribution is 5.84. The van der Waals surface area contributed by atoms with Crippen molar-refractivity contribution in [1.29, 1.82) is 0 Å². The van der Waals surface area contributed by atoms with E-state index in [1.165, 1.54) is 23.4 Å². The number of rotatable bonds is 14. The molecule has 3 N–H and O–H groups in total. The Hall–Kier alpha value is -5.84. The monoisotopic (exact) mass is 791 g/mol. The highest BCUT2D eigenvalue weighted by Crippen LogP contribution is 2.42. The molecule has 2 amide bonds. The summed E-state index contributed by atoms with van der Waals surface area (Å²) in [6.07, 6.45) is -0.680. The second-order valence-electron chi connectivity index (χ2n) is 15.4. The van der Waals surface area contributed by atoms with Gasteiger partial charge in [-0.15, -0.1) is 0 Å². The molecule has 6 atom stereocenters. The van der Waals surface area contributed by atoms with Crippen molar-refractivity contribution >= 4 is 22.8 Å². The second-order valence-corrected chi connectivity index (χ2v) is 15.4. The number of likely N-dealkylation sites (N-methyl/N-ethyl adjacent to an activating group) is 1. The Morgan fingerprint density at radius 2 is 1.46 bits per heavy atom. The molecule has 59 heavy (non-hydrogen) atoms. The number of amides is 2. The Labute approximate surface area is 346 Å². The summed E-state index contributed by atoms with van der Waals surface area (Å²) in [5, 5.41) is 17.9. The summed E-state index contributed by atoms with van der Waals surface area (Å²) in [5.41, 5.74) is 7.82. The Kier molecular flexibility index (Phi) is 13.5.